The minimum Gasteiger partial charge on any atom is -0.349 e. The molecule has 0 spiro atoms. The Bertz CT molecular complexity index is 1560. The summed E-state index contributed by atoms with van der Waals surface area (Å²) >= 11 is 0. The van der Waals surface area contributed by atoms with Crippen molar-refractivity contribution in [2.75, 3.05) is 50.0 Å². The molecule has 2 aromatic carbocycles. The van der Waals surface area contributed by atoms with Gasteiger partial charge in [-0.3, -0.25) is 9.69 Å². The molecular weight excluding hydrogens is 524 g/mol. The number of rotatable bonds is 6. The molecule has 41 heavy (non-hydrogen) atoms. The molecule has 1 atom stereocenters. The topological polar surface area (TPSA) is 69.0 Å². The van der Waals surface area contributed by atoms with Gasteiger partial charge in [-0.05, 0) is 75.7 Å². The maximum atomic E-state index is 14.6. The first-order chi connectivity index (χ1) is 19.7. The highest BCUT2D eigenvalue weighted by atomic mass is 19.1. The van der Waals surface area contributed by atoms with Gasteiger partial charge < -0.3 is 15.1 Å². The molecule has 1 unspecified atom stereocenters. The van der Waals surface area contributed by atoms with Crippen LogP contribution in [0.25, 0.3) is 5.65 Å². The first kappa shape index (κ1) is 27.3. The quantitative estimate of drug-likeness (QED) is 0.355. The Hall–Kier alpha value is -3.89. The number of piperazine rings is 1. The summed E-state index contributed by atoms with van der Waals surface area (Å²) in [5, 5.41) is 7.30. The number of aromatic nitrogens is 3. The molecule has 2 fully saturated rings. The molecule has 1 amide bonds. The second-order valence-electron chi connectivity index (χ2n) is 11.5. The number of likely N-dealkylation sites (N-methyl/N-ethyl adjacent to an activating group) is 1. The molecule has 4 heterocycles. The van der Waals surface area contributed by atoms with Crippen LogP contribution in [-0.4, -0.2) is 70.1 Å². The molecule has 4 aromatic rings. The van der Waals surface area contributed by atoms with E-state index in [-0.39, 0.29) is 17.5 Å². The van der Waals surface area contributed by atoms with Crippen LogP contribution in [-0.2, 0) is 5.54 Å². The summed E-state index contributed by atoms with van der Waals surface area (Å²) in [5.74, 6) is -0.528. The van der Waals surface area contributed by atoms with E-state index in [4.69, 9.17) is 4.98 Å². The van der Waals surface area contributed by atoms with Crippen molar-refractivity contribution in [1.29, 1.82) is 0 Å². The first-order valence-electron chi connectivity index (χ1n) is 14.1. The Morgan fingerprint density at radius 1 is 1.00 bits per heavy atom. The lowest BCUT2D eigenvalue weighted by Crippen LogP contribution is -2.52. The van der Waals surface area contributed by atoms with Crippen LogP contribution < -0.4 is 10.2 Å². The number of carbonyl (C=O) groups excluding carboxylic acids is 1. The second-order valence-corrected chi connectivity index (χ2v) is 11.5. The summed E-state index contributed by atoms with van der Waals surface area (Å²) in [7, 11) is 2.15. The van der Waals surface area contributed by atoms with Gasteiger partial charge in [0.2, 0.25) is 0 Å². The van der Waals surface area contributed by atoms with E-state index in [9.17, 15) is 13.6 Å². The molecule has 214 valence electrons. The van der Waals surface area contributed by atoms with E-state index in [0.717, 1.165) is 44.2 Å². The summed E-state index contributed by atoms with van der Waals surface area (Å²) in [5.41, 5.74) is 2.85. The number of nitrogens with one attached hydrogen (secondary N) is 1. The third kappa shape index (κ3) is 5.29. The average molecular weight is 560 g/mol. The standard InChI is InChI=1S/C31H35F2N7O/c1-31(2,38-17-15-37(3)16-18-38)22-8-6-21(7-9-22)30(41)35-26-20-34-40-14-12-28(36-29(26)40)39-13-4-5-27(39)24-19-23(32)10-11-25(24)33/h6-12,14,19-20,27H,4-5,13,15-18H2,1-3H3,(H,35,41). The largest absolute Gasteiger partial charge is 0.349 e. The van der Waals surface area contributed by atoms with Crippen molar-refractivity contribution in [2.24, 2.45) is 0 Å². The monoisotopic (exact) mass is 559 g/mol. The molecule has 0 saturated carbocycles. The lowest BCUT2D eigenvalue weighted by atomic mass is 9.90. The lowest BCUT2D eigenvalue weighted by molar-refractivity contribution is 0.0606. The first-order valence-corrected chi connectivity index (χ1v) is 14.1. The van der Waals surface area contributed by atoms with Crippen molar-refractivity contribution in [1.82, 2.24) is 24.4 Å². The number of carbonyl (C=O) groups is 1. The predicted octanol–water partition coefficient (Wildman–Crippen LogP) is 5.08. The van der Waals surface area contributed by atoms with Gasteiger partial charge in [0.05, 0.1) is 12.2 Å². The maximum Gasteiger partial charge on any atom is 0.255 e. The van der Waals surface area contributed by atoms with Crippen LogP contribution in [0.4, 0.5) is 20.3 Å². The van der Waals surface area contributed by atoms with E-state index < -0.39 is 11.6 Å². The van der Waals surface area contributed by atoms with Crippen molar-refractivity contribution in [3.63, 3.8) is 0 Å². The molecule has 0 aliphatic carbocycles. The number of nitrogens with zero attached hydrogens (tertiary/aromatic N) is 6. The lowest BCUT2D eigenvalue weighted by Gasteiger charge is -2.43. The molecule has 2 aromatic heterocycles. The van der Waals surface area contributed by atoms with Crippen LogP contribution in [0.1, 0.15) is 54.2 Å². The van der Waals surface area contributed by atoms with E-state index in [1.165, 1.54) is 12.1 Å². The number of anilines is 2. The van der Waals surface area contributed by atoms with Crippen LogP contribution in [0.15, 0.2) is 60.9 Å². The third-order valence-corrected chi connectivity index (χ3v) is 8.61. The van der Waals surface area contributed by atoms with Crippen molar-refractivity contribution in [3.05, 3.63) is 89.2 Å². The van der Waals surface area contributed by atoms with Crippen LogP contribution >= 0.6 is 0 Å². The number of benzene rings is 2. The fourth-order valence-electron chi connectivity index (χ4n) is 6.01. The van der Waals surface area contributed by atoms with E-state index in [0.29, 0.717) is 41.2 Å². The highest BCUT2D eigenvalue weighted by molar-refractivity contribution is 6.06. The van der Waals surface area contributed by atoms with Gasteiger partial charge in [-0.15, -0.1) is 0 Å². The Morgan fingerprint density at radius 2 is 1.76 bits per heavy atom. The number of fused-ring (bicyclic) bond motifs is 1. The zero-order valence-electron chi connectivity index (χ0n) is 23.6. The maximum absolute atomic E-state index is 14.6. The third-order valence-electron chi connectivity index (χ3n) is 8.61. The number of hydrogen-bond acceptors (Lipinski definition) is 6. The van der Waals surface area contributed by atoms with Gasteiger partial charge >= 0.3 is 0 Å². The smallest absolute Gasteiger partial charge is 0.255 e. The van der Waals surface area contributed by atoms with E-state index in [1.54, 1.807) is 16.9 Å². The summed E-state index contributed by atoms with van der Waals surface area (Å²) in [6.45, 7) is 9.21. The zero-order valence-corrected chi connectivity index (χ0v) is 23.6. The van der Waals surface area contributed by atoms with Gasteiger partial charge in [0, 0.05) is 55.6 Å². The minimum atomic E-state index is -0.464. The Labute approximate surface area is 238 Å². The summed E-state index contributed by atoms with van der Waals surface area (Å²) in [6.07, 6.45) is 4.86. The second kappa shape index (κ2) is 10.8. The van der Waals surface area contributed by atoms with Gasteiger partial charge in [-0.25, -0.2) is 18.3 Å². The number of hydrogen-bond donors (Lipinski definition) is 1. The van der Waals surface area contributed by atoms with E-state index >= 15 is 0 Å². The average Bonchev–Trinajstić information content (AvgIpc) is 3.62. The molecule has 2 saturated heterocycles. The van der Waals surface area contributed by atoms with Crippen LogP contribution in [0.5, 0.6) is 0 Å². The summed E-state index contributed by atoms with van der Waals surface area (Å²) in [6, 6.07) is 12.8. The van der Waals surface area contributed by atoms with Crippen LogP contribution in [0.3, 0.4) is 0 Å². The molecule has 8 nitrogen and oxygen atoms in total. The van der Waals surface area contributed by atoms with E-state index in [2.05, 4.69) is 41.1 Å². The highest BCUT2D eigenvalue weighted by Gasteiger charge is 2.32. The SMILES string of the molecule is CN1CCN(C(C)(C)c2ccc(C(=O)Nc3cnn4ccc(N5CCCC5c5cc(F)ccc5F)nc34)cc2)CC1. The molecular formula is C31H35F2N7O. The van der Waals surface area contributed by atoms with E-state index in [1.807, 2.05) is 35.2 Å². The molecule has 2 aliphatic heterocycles. The van der Waals surface area contributed by atoms with Crippen molar-refractivity contribution in [2.45, 2.75) is 38.3 Å². The van der Waals surface area contributed by atoms with Crippen molar-refractivity contribution in [3.8, 4) is 0 Å². The summed E-state index contributed by atoms with van der Waals surface area (Å²) < 4.78 is 30.1. The normalized spacial score (nSPS) is 18.8. The van der Waals surface area contributed by atoms with Gasteiger partial charge in [-0.2, -0.15) is 5.10 Å². The molecule has 0 bridgehead atoms. The molecule has 0 radical (unpaired) electrons. The van der Waals surface area contributed by atoms with Gasteiger partial charge in [0.1, 0.15) is 23.1 Å². The van der Waals surface area contributed by atoms with Crippen LogP contribution in [0.2, 0.25) is 0 Å². The zero-order chi connectivity index (χ0) is 28.7. The van der Waals surface area contributed by atoms with Crippen LogP contribution in [0, 0.1) is 11.6 Å². The van der Waals surface area contributed by atoms with Gasteiger partial charge in [0.15, 0.2) is 5.65 Å². The highest BCUT2D eigenvalue weighted by Crippen LogP contribution is 2.37. The fraction of sp³-hybridized carbons (Fsp3) is 0.387. The molecule has 10 heteroatoms. The summed E-state index contributed by atoms with van der Waals surface area (Å²) in [4.78, 5) is 24.8. The van der Waals surface area contributed by atoms with Crippen molar-refractivity contribution < 1.29 is 13.6 Å². The number of amides is 1. The predicted molar refractivity (Wildman–Crippen MR) is 155 cm³/mol. The molecule has 6 rings (SSSR count). The van der Waals surface area contributed by atoms with Gasteiger partial charge in [-0.1, -0.05) is 12.1 Å². The number of halogens is 2. The minimum absolute atomic E-state index is 0.138. The van der Waals surface area contributed by atoms with Gasteiger partial charge in [0.25, 0.3) is 5.91 Å². The molecule has 1 N–H and O–H groups in total. The Morgan fingerprint density at radius 3 is 2.51 bits per heavy atom. The molecule has 2 aliphatic rings. The van der Waals surface area contributed by atoms with Crippen molar-refractivity contribution >= 4 is 23.1 Å². The Kier molecular flexibility index (Phi) is 7.21. The Balaban J connectivity index is 1.20. The fourth-order valence-corrected chi connectivity index (χ4v) is 6.01.